The molecule has 0 bridgehead atoms. The number of aliphatic imine (C=N–C) groups is 2. The molecule has 0 aliphatic heterocycles. The van der Waals surface area contributed by atoms with Crippen LogP contribution in [0.4, 0.5) is 0 Å². The lowest BCUT2D eigenvalue weighted by molar-refractivity contribution is 1.22. The van der Waals surface area contributed by atoms with Crippen LogP contribution in [0.3, 0.4) is 0 Å². The van der Waals surface area contributed by atoms with Crippen molar-refractivity contribution < 1.29 is 0 Å². The molecule has 0 saturated carbocycles. The number of rotatable bonds is 2. The zero-order valence-electron chi connectivity index (χ0n) is 9.07. The van der Waals surface area contributed by atoms with Gasteiger partial charge in [0.1, 0.15) is 0 Å². The summed E-state index contributed by atoms with van der Waals surface area (Å²) in [6, 6.07) is 5.88. The first-order chi connectivity index (χ1) is 6.69. The molecule has 3 nitrogen and oxygen atoms in total. The van der Waals surface area contributed by atoms with E-state index in [4.69, 9.17) is 0 Å². The molecule has 1 aromatic rings. The van der Waals surface area contributed by atoms with E-state index in [0.717, 1.165) is 22.8 Å². The summed E-state index contributed by atoms with van der Waals surface area (Å²) in [7, 11) is 3.54. The third-order valence-corrected chi connectivity index (χ3v) is 2.16. The van der Waals surface area contributed by atoms with Crippen LogP contribution in [0.2, 0.25) is 0 Å². The normalized spacial score (nSPS) is 13.1. The fourth-order valence-electron chi connectivity index (χ4n) is 1.07. The van der Waals surface area contributed by atoms with Crippen LogP contribution in [0.25, 0.3) is 0 Å². The van der Waals surface area contributed by atoms with E-state index in [9.17, 15) is 0 Å². The first-order valence-corrected chi connectivity index (χ1v) is 4.53. The van der Waals surface area contributed by atoms with Gasteiger partial charge in [-0.15, -0.1) is 0 Å². The Balaban J connectivity index is 3.14. The Kier molecular flexibility index (Phi) is 3.51. The van der Waals surface area contributed by atoms with E-state index in [-0.39, 0.29) is 0 Å². The predicted molar refractivity (Wildman–Crippen MR) is 60.5 cm³/mol. The summed E-state index contributed by atoms with van der Waals surface area (Å²) in [6.07, 6.45) is 0. The zero-order chi connectivity index (χ0) is 10.6. The standard InChI is InChI=1S/C11H15N3/c1-8(12-3)10-6-5-7-11(14-10)9(2)13-4/h5-7H,1-4H3. The fraction of sp³-hybridized carbons (Fsp3) is 0.364. The van der Waals surface area contributed by atoms with Crippen LogP contribution in [-0.4, -0.2) is 30.5 Å². The van der Waals surface area contributed by atoms with Gasteiger partial charge >= 0.3 is 0 Å². The summed E-state index contributed by atoms with van der Waals surface area (Å²) >= 11 is 0. The molecule has 0 atom stereocenters. The fourth-order valence-corrected chi connectivity index (χ4v) is 1.07. The van der Waals surface area contributed by atoms with Gasteiger partial charge in [0.25, 0.3) is 0 Å². The maximum atomic E-state index is 4.45. The Morgan fingerprint density at radius 2 is 1.43 bits per heavy atom. The maximum absolute atomic E-state index is 4.45. The molecule has 0 aromatic carbocycles. The number of hydrogen-bond acceptors (Lipinski definition) is 3. The molecule has 0 spiro atoms. The van der Waals surface area contributed by atoms with Gasteiger partial charge in [-0.1, -0.05) is 6.07 Å². The molecule has 1 rings (SSSR count). The summed E-state index contributed by atoms with van der Waals surface area (Å²) in [5.74, 6) is 0. The van der Waals surface area contributed by atoms with Crippen LogP contribution in [0.5, 0.6) is 0 Å². The van der Waals surface area contributed by atoms with Crippen molar-refractivity contribution in [2.45, 2.75) is 13.8 Å². The molecule has 0 aliphatic rings. The molecule has 0 fully saturated rings. The SMILES string of the molecule is CN=C(C)c1cccc(C(C)=NC)n1. The molecular weight excluding hydrogens is 174 g/mol. The van der Waals surface area contributed by atoms with Gasteiger partial charge < -0.3 is 0 Å². The number of pyridine rings is 1. The largest absolute Gasteiger partial charge is 0.291 e. The molecule has 0 amide bonds. The molecule has 14 heavy (non-hydrogen) atoms. The average molecular weight is 189 g/mol. The van der Waals surface area contributed by atoms with Gasteiger partial charge in [0.2, 0.25) is 0 Å². The highest BCUT2D eigenvalue weighted by Crippen LogP contribution is 2.02. The molecule has 0 aliphatic carbocycles. The van der Waals surface area contributed by atoms with Crippen LogP contribution >= 0.6 is 0 Å². The van der Waals surface area contributed by atoms with Crippen molar-refractivity contribution in [2.75, 3.05) is 14.1 Å². The van der Waals surface area contributed by atoms with E-state index in [2.05, 4.69) is 15.0 Å². The van der Waals surface area contributed by atoms with Gasteiger partial charge in [-0.05, 0) is 26.0 Å². The second kappa shape index (κ2) is 4.65. The Morgan fingerprint density at radius 3 is 1.79 bits per heavy atom. The van der Waals surface area contributed by atoms with Crippen LogP contribution in [0.15, 0.2) is 28.2 Å². The van der Waals surface area contributed by atoms with Gasteiger partial charge in [0, 0.05) is 14.1 Å². The van der Waals surface area contributed by atoms with E-state index < -0.39 is 0 Å². The topological polar surface area (TPSA) is 37.6 Å². The average Bonchev–Trinajstić information content (AvgIpc) is 2.27. The zero-order valence-corrected chi connectivity index (χ0v) is 9.07. The Labute approximate surface area is 84.6 Å². The second-order valence-corrected chi connectivity index (χ2v) is 3.03. The highest BCUT2D eigenvalue weighted by Gasteiger charge is 2.01. The van der Waals surface area contributed by atoms with Crippen LogP contribution in [0, 0.1) is 0 Å². The lowest BCUT2D eigenvalue weighted by atomic mass is 10.2. The third-order valence-electron chi connectivity index (χ3n) is 2.16. The first kappa shape index (κ1) is 10.6. The van der Waals surface area contributed by atoms with Crippen molar-refractivity contribution in [1.82, 2.24) is 4.98 Å². The van der Waals surface area contributed by atoms with E-state index in [1.54, 1.807) is 14.1 Å². The lowest BCUT2D eigenvalue weighted by Gasteiger charge is -2.02. The van der Waals surface area contributed by atoms with Gasteiger partial charge in [-0.2, -0.15) is 0 Å². The first-order valence-electron chi connectivity index (χ1n) is 4.53. The van der Waals surface area contributed by atoms with Crippen molar-refractivity contribution in [3.8, 4) is 0 Å². The summed E-state index contributed by atoms with van der Waals surface area (Å²) in [5.41, 5.74) is 3.70. The Bertz CT molecular complexity index is 345. The van der Waals surface area contributed by atoms with Gasteiger partial charge in [-0.3, -0.25) is 9.98 Å². The summed E-state index contributed by atoms with van der Waals surface area (Å²) in [5, 5.41) is 0. The molecule has 1 aromatic heterocycles. The van der Waals surface area contributed by atoms with Gasteiger partial charge in [-0.25, -0.2) is 4.98 Å². The molecule has 3 heteroatoms. The number of nitrogens with zero attached hydrogens (tertiary/aromatic N) is 3. The molecule has 0 saturated heterocycles. The summed E-state index contributed by atoms with van der Waals surface area (Å²) < 4.78 is 0. The molecular formula is C11H15N3. The Hall–Kier alpha value is -1.51. The smallest absolute Gasteiger partial charge is 0.0844 e. The quantitative estimate of drug-likeness (QED) is 0.655. The monoisotopic (exact) mass is 189 g/mol. The van der Waals surface area contributed by atoms with Crippen LogP contribution < -0.4 is 0 Å². The van der Waals surface area contributed by atoms with Crippen molar-refractivity contribution in [3.05, 3.63) is 29.6 Å². The van der Waals surface area contributed by atoms with Crippen molar-refractivity contribution in [1.29, 1.82) is 0 Å². The molecule has 1 heterocycles. The minimum atomic E-state index is 0.910. The van der Waals surface area contributed by atoms with Crippen LogP contribution in [0.1, 0.15) is 25.2 Å². The molecule has 0 radical (unpaired) electrons. The third kappa shape index (κ3) is 2.25. The predicted octanol–water partition coefficient (Wildman–Crippen LogP) is 1.96. The molecule has 74 valence electrons. The van der Waals surface area contributed by atoms with Gasteiger partial charge in [0.15, 0.2) is 0 Å². The van der Waals surface area contributed by atoms with Crippen molar-refractivity contribution in [2.24, 2.45) is 9.98 Å². The van der Waals surface area contributed by atoms with E-state index >= 15 is 0 Å². The van der Waals surface area contributed by atoms with Crippen molar-refractivity contribution in [3.63, 3.8) is 0 Å². The Morgan fingerprint density at radius 1 is 1.00 bits per heavy atom. The van der Waals surface area contributed by atoms with Crippen molar-refractivity contribution >= 4 is 11.4 Å². The highest BCUT2D eigenvalue weighted by atomic mass is 14.8. The van der Waals surface area contributed by atoms with E-state index in [0.29, 0.717) is 0 Å². The van der Waals surface area contributed by atoms with Gasteiger partial charge in [0.05, 0.1) is 22.8 Å². The number of aromatic nitrogens is 1. The molecule has 0 unspecified atom stereocenters. The second-order valence-electron chi connectivity index (χ2n) is 3.03. The van der Waals surface area contributed by atoms with E-state index in [1.165, 1.54) is 0 Å². The minimum absolute atomic E-state index is 0.910. The number of hydrogen-bond donors (Lipinski definition) is 0. The van der Waals surface area contributed by atoms with Crippen LogP contribution in [-0.2, 0) is 0 Å². The maximum Gasteiger partial charge on any atom is 0.0844 e. The van der Waals surface area contributed by atoms with E-state index in [1.807, 2.05) is 32.0 Å². The summed E-state index contributed by atoms with van der Waals surface area (Å²) in [6.45, 7) is 3.90. The molecule has 0 N–H and O–H groups in total. The minimum Gasteiger partial charge on any atom is -0.291 e. The lowest BCUT2D eigenvalue weighted by Crippen LogP contribution is -2.04. The summed E-state index contributed by atoms with van der Waals surface area (Å²) in [4.78, 5) is 12.7. The highest BCUT2D eigenvalue weighted by molar-refractivity contribution is 6.00.